The summed E-state index contributed by atoms with van der Waals surface area (Å²) in [5.41, 5.74) is 1.88. The van der Waals surface area contributed by atoms with Gasteiger partial charge in [0.25, 0.3) is 5.69 Å². The van der Waals surface area contributed by atoms with E-state index in [-0.39, 0.29) is 22.8 Å². The van der Waals surface area contributed by atoms with Gasteiger partial charge in [0.05, 0.1) is 11.0 Å². The Labute approximate surface area is 125 Å². The number of hydrogen-bond acceptors (Lipinski definition) is 4. The molecule has 5 nitrogen and oxygen atoms in total. The molecule has 0 aliphatic heterocycles. The molecule has 1 aromatic rings. The van der Waals surface area contributed by atoms with Crippen LogP contribution in [0.25, 0.3) is 0 Å². The van der Waals surface area contributed by atoms with Crippen LogP contribution in [0.5, 0.6) is 0 Å². The van der Waals surface area contributed by atoms with Gasteiger partial charge in [-0.25, -0.2) is 0 Å². The summed E-state index contributed by atoms with van der Waals surface area (Å²) in [4.78, 5) is 10.7. The van der Waals surface area contributed by atoms with Gasteiger partial charge in [-0.3, -0.25) is 10.1 Å². The number of benzene rings is 1. The maximum Gasteiger partial charge on any atom is 0.272 e. The first-order valence-corrected chi connectivity index (χ1v) is 7.64. The van der Waals surface area contributed by atoms with Crippen molar-refractivity contribution in [2.45, 2.75) is 51.7 Å². The molecule has 3 unspecified atom stereocenters. The van der Waals surface area contributed by atoms with E-state index in [1.807, 2.05) is 13.0 Å². The van der Waals surface area contributed by atoms with Crippen LogP contribution in [-0.4, -0.2) is 22.7 Å². The Balaban J connectivity index is 1.98. The Kier molecular flexibility index (Phi) is 5.31. The average molecular weight is 292 g/mol. The quantitative estimate of drug-likeness (QED) is 0.646. The number of nitro benzene ring substituents is 1. The van der Waals surface area contributed by atoms with Gasteiger partial charge in [0.1, 0.15) is 0 Å². The molecule has 1 aliphatic carbocycles. The highest BCUT2D eigenvalue weighted by Crippen LogP contribution is 2.27. The normalized spacial score (nSPS) is 23.8. The van der Waals surface area contributed by atoms with Crippen LogP contribution in [0.2, 0.25) is 0 Å². The predicted octanol–water partition coefficient (Wildman–Crippen LogP) is 3.10. The molecular weight excluding hydrogens is 268 g/mol. The van der Waals surface area contributed by atoms with Crippen LogP contribution >= 0.6 is 0 Å². The average Bonchev–Trinajstić information content (AvgIpc) is 2.45. The first-order chi connectivity index (χ1) is 9.99. The van der Waals surface area contributed by atoms with E-state index in [9.17, 15) is 15.2 Å². The second-order valence-electron chi connectivity index (χ2n) is 6.06. The van der Waals surface area contributed by atoms with Gasteiger partial charge in [0.15, 0.2) is 0 Å². The smallest absolute Gasteiger partial charge is 0.272 e. The van der Waals surface area contributed by atoms with Crippen LogP contribution in [0.15, 0.2) is 18.2 Å². The third kappa shape index (κ3) is 4.02. The number of hydrogen-bond donors (Lipinski definition) is 2. The molecule has 0 spiro atoms. The third-order valence-corrected chi connectivity index (χ3v) is 4.48. The van der Waals surface area contributed by atoms with Crippen molar-refractivity contribution < 1.29 is 10.0 Å². The highest BCUT2D eigenvalue weighted by atomic mass is 16.6. The number of aliphatic hydroxyl groups is 1. The Hall–Kier alpha value is -1.46. The number of rotatable bonds is 5. The Morgan fingerprint density at radius 1 is 1.48 bits per heavy atom. The molecule has 116 valence electrons. The van der Waals surface area contributed by atoms with Crippen molar-refractivity contribution in [3.05, 3.63) is 39.4 Å². The van der Waals surface area contributed by atoms with Gasteiger partial charge in [0.2, 0.25) is 0 Å². The van der Waals surface area contributed by atoms with Crippen LogP contribution in [-0.2, 0) is 0 Å². The molecule has 0 aromatic heterocycles. The highest BCUT2D eigenvalue weighted by molar-refractivity contribution is 5.45. The lowest BCUT2D eigenvalue weighted by molar-refractivity contribution is -0.385. The summed E-state index contributed by atoms with van der Waals surface area (Å²) in [6.45, 7) is 4.68. The molecular formula is C16H24N2O3. The van der Waals surface area contributed by atoms with Gasteiger partial charge in [-0.2, -0.15) is 0 Å². The summed E-state index contributed by atoms with van der Waals surface area (Å²) < 4.78 is 0. The van der Waals surface area contributed by atoms with E-state index in [1.165, 1.54) is 0 Å². The molecule has 0 heterocycles. The summed E-state index contributed by atoms with van der Waals surface area (Å²) in [6, 6.07) is 5.30. The van der Waals surface area contributed by atoms with Gasteiger partial charge in [-0.15, -0.1) is 0 Å². The second-order valence-corrected chi connectivity index (χ2v) is 6.06. The van der Waals surface area contributed by atoms with Crippen molar-refractivity contribution >= 4 is 5.69 Å². The third-order valence-electron chi connectivity index (χ3n) is 4.48. The summed E-state index contributed by atoms with van der Waals surface area (Å²) in [7, 11) is 0. The van der Waals surface area contributed by atoms with Gasteiger partial charge in [-0.05, 0) is 51.1 Å². The van der Waals surface area contributed by atoms with E-state index >= 15 is 0 Å². The van der Waals surface area contributed by atoms with Crippen LogP contribution in [0, 0.1) is 23.0 Å². The van der Waals surface area contributed by atoms with Crippen molar-refractivity contribution in [1.29, 1.82) is 0 Å². The van der Waals surface area contributed by atoms with Crippen molar-refractivity contribution in [1.82, 2.24) is 5.32 Å². The first kappa shape index (κ1) is 15.9. The summed E-state index contributed by atoms with van der Waals surface area (Å²) in [6.07, 6.45) is 3.83. The maximum absolute atomic E-state index is 11.0. The van der Waals surface area contributed by atoms with Gasteiger partial charge in [0, 0.05) is 17.7 Å². The summed E-state index contributed by atoms with van der Waals surface area (Å²) in [5, 5.41) is 24.2. The SMILES string of the molecule is Cc1c(C(C)NCC2CCCC(O)C2)cccc1[N+](=O)[O-]. The molecule has 0 radical (unpaired) electrons. The zero-order valence-corrected chi connectivity index (χ0v) is 12.7. The minimum absolute atomic E-state index is 0.0731. The minimum Gasteiger partial charge on any atom is -0.393 e. The van der Waals surface area contributed by atoms with Crippen LogP contribution in [0.1, 0.15) is 49.8 Å². The fraction of sp³-hybridized carbons (Fsp3) is 0.625. The number of nitrogens with one attached hydrogen (secondary N) is 1. The van der Waals surface area contributed by atoms with Crippen molar-refractivity contribution in [2.24, 2.45) is 5.92 Å². The van der Waals surface area contributed by atoms with Crippen molar-refractivity contribution in [3.8, 4) is 0 Å². The molecule has 21 heavy (non-hydrogen) atoms. The molecule has 0 saturated heterocycles. The number of nitro groups is 1. The molecule has 2 N–H and O–H groups in total. The standard InChI is InChI=1S/C16H24N2O3/c1-11-15(7-4-8-16(11)18(20)21)12(2)17-10-13-5-3-6-14(19)9-13/h4,7-8,12-14,17,19H,3,5-6,9-10H2,1-2H3. The largest absolute Gasteiger partial charge is 0.393 e. The lowest BCUT2D eigenvalue weighted by Crippen LogP contribution is -2.31. The molecule has 1 saturated carbocycles. The monoisotopic (exact) mass is 292 g/mol. The van der Waals surface area contributed by atoms with E-state index in [4.69, 9.17) is 0 Å². The topological polar surface area (TPSA) is 75.4 Å². The number of nitrogens with zero attached hydrogens (tertiary/aromatic N) is 1. The summed E-state index contributed by atoms with van der Waals surface area (Å²) in [5.74, 6) is 0.496. The van der Waals surface area contributed by atoms with Gasteiger partial charge < -0.3 is 10.4 Å². The molecule has 3 atom stereocenters. The predicted molar refractivity (Wildman–Crippen MR) is 82.2 cm³/mol. The van der Waals surface area contributed by atoms with Crippen molar-refractivity contribution in [2.75, 3.05) is 6.54 Å². The lowest BCUT2D eigenvalue weighted by Gasteiger charge is -2.27. The Bertz CT molecular complexity index is 504. The highest BCUT2D eigenvalue weighted by Gasteiger charge is 2.22. The van der Waals surface area contributed by atoms with E-state index < -0.39 is 0 Å². The molecule has 5 heteroatoms. The number of aliphatic hydroxyl groups excluding tert-OH is 1. The summed E-state index contributed by atoms with van der Waals surface area (Å²) >= 11 is 0. The Morgan fingerprint density at radius 3 is 2.90 bits per heavy atom. The van der Waals surface area contributed by atoms with E-state index in [0.717, 1.165) is 43.4 Å². The maximum atomic E-state index is 11.0. The first-order valence-electron chi connectivity index (χ1n) is 7.64. The van der Waals surface area contributed by atoms with E-state index in [1.54, 1.807) is 19.1 Å². The molecule has 1 fully saturated rings. The molecule has 0 amide bonds. The minimum atomic E-state index is -0.330. The van der Waals surface area contributed by atoms with Crippen molar-refractivity contribution in [3.63, 3.8) is 0 Å². The fourth-order valence-corrected chi connectivity index (χ4v) is 3.21. The molecule has 0 bridgehead atoms. The van der Waals surface area contributed by atoms with E-state index in [2.05, 4.69) is 5.32 Å². The lowest BCUT2D eigenvalue weighted by atomic mass is 9.87. The van der Waals surface area contributed by atoms with E-state index in [0.29, 0.717) is 5.92 Å². The van der Waals surface area contributed by atoms with Gasteiger partial charge >= 0.3 is 0 Å². The van der Waals surface area contributed by atoms with Crippen LogP contribution in [0.3, 0.4) is 0 Å². The van der Waals surface area contributed by atoms with Crippen LogP contribution < -0.4 is 5.32 Å². The Morgan fingerprint density at radius 2 is 2.24 bits per heavy atom. The molecule has 1 aliphatic rings. The molecule has 1 aromatic carbocycles. The fourth-order valence-electron chi connectivity index (χ4n) is 3.21. The van der Waals surface area contributed by atoms with Crippen LogP contribution in [0.4, 0.5) is 5.69 Å². The zero-order valence-electron chi connectivity index (χ0n) is 12.7. The zero-order chi connectivity index (χ0) is 15.4. The van der Waals surface area contributed by atoms with Gasteiger partial charge in [-0.1, -0.05) is 18.6 Å². The molecule has 2 rings (SSSR count). The second kappa shape index (κ2) is 7.00.